The van der Waals surface area contributed by atoms with E-state index in [1.807, 2.05) is 0 Å². The summed E-state index contributed by atoms with van der Waals surface area (Å²) in [5.74, 6) is 1.10. The summed E-state index contributed by atoms with van der Waals surface area (Å²) in [5, 5.41) is 0.356. The third-order valence-corrected chi connectivity index (χ3v) is 3.59. The van der Waals surface area contributed by atoms with Gasteiger partial charge in [-0.25, -0.2) is 8.78 Å². The molecule has 0 amide bonds. The van der Waals surface area contributed by atoms with Crippen LogP contribution in [0.25, 0.3) is 0 Å². The largest absolute Gasteiger partial charge is 0.321 e. The number of thioether (sulfide) groups is 1. The number of halogens is 2. The van der Waals surface area contributed by atoms with Crippen molar-refractivity contribution in [3.05, 3.63) is 0 Å². The first-order chi connectivity index (χ1) is 5.52. The Kier molecular flexibility index (Phi) is 3.35. The van der Waals surface area contributed by atoms with Gasteiger partial charge in [-0.15, -0.1) is 0 Å². The van der Waals surface area contributed by atoms with Crippen LogP contribution in [0.3, 0.4) is 0 Å². The standard InChI is InChI=1S/C8H15F2NS/c1-8(11,7(9)10)5-6-3-2-4-12-6/h6-7H,2-5,11H2,1H3. The van der Waals surface area contributed by atoms with Crippen LogP contribution in [-0.4, -0.2) is 23.0 Å². The highest BCUT2D eigenvalue weighted by atomic mass is 32.2. The van der Waals surface area contributed by atoms with E-state index in [1.54, 1.807) is 11.8 Å². The molecule has 0 aromatic heterocycles. The van der Waals surface area contributed by atoms with Gasteiger partial charge in [-0.05, 0) is 31.9 Å². The first-order valence-electron chi connectivity index (χ1n) is 4.21. The fraction of sp³-hybridized carbons (Fsp3) is 1.00. The third-order valence-electron chi connectivity index (χ3n) is 2.19. The van der Waals surface area contributed by atoms with Crippen LogP contribution < -0.4 is 5.73 Å². The molecule has 2 atom stereocenters. The fourth-order valence-electron chi connectivity index (χ4n) is 1.38. The van der Waals surface area contributed by atoms with Gasteiger partial charge in [0, 0.05) is 5.25 Å². The summed E-state index contributed by atoms with van der Waals surface area (Å²) in [4.78, 5) is 0. The van der Waals surface area contributed by atoms with E-state index >= 15 is 0 Å². The van der Waals surface area contributed by atoms with Crippen LogP contribution in [0, 0.1) is 0 Å². The van der Waals surface area contributed by atoms with Crippen LogP contribution in [0.4, 0.5) is 8.78 Å². The summed E-state index contributed by atoms with van der Waals surface area (Å²) < 4.78 is 24.7. The van der Waals surface area contributed by atoms with Crippen LogP contribution in [0.1, 0.15) is 26.2 Å². The van der Waals surface area contributed by atoms with Gasteiger partial charge in [0.15, 0.2) is 0 Å². The van der Waals surface area contributed by atoms with Gasteiger partial charge in [0.1, 0.15) is 0 Å². The molecule has 72 valence electrons. The summed E-state index contributed by atoms with van der Waals surface area (Å²) in [6, 6.07) is 0. The smallest absolute Gasteiger partial charge is 0.256 e. The molecule has 2 N–H and O–H groups in total. The predicted octanol–water partition coefficient (Wildman–Crippen LogP) is 2.25. The molecule has 1 aliphatic rings. The zero-order valence-electron chi connectivity index (χ0n) is 7.22. The first-order valence-corrected chi connectivity index (χ1v) is 5.26. The Labute approximate surface area is 76.1 Å². The van der Waals surface area contributed by atoms with E-state index in [0.717, 1.165) is 18.6 Å². The first kappa shape index (κ1) is 10.3. The van der Waals surface area contributed by atoms with Gasteiger partial charge in [0.25, 0.3) is 6.43 Å². The monoisotopic (exact) mass is 195 g/mol. The van der Waals surface area contributed by atoms with Crippen molar-refractivity contribution < 1.29 is 8.78 Å². The van der Waals surface area contributed by atoms with Gasteiger partial charge in [-0.3, -0.25) is 0 Å². The molecule has 1 nitrogen and oxygen atoms in total. The van der Waals surface area contributed by atoms with Gasteiger partial charge >= 0.3 is 0 Å². The second kappa shape index (κ2) is 3.92. The van der Waals surface area contributed by atoms with Crippen molar-refractivity contribution >= 4 is 11.8 Å². The summed E-state index contributed by atoms with van der Waals surface area (Å²) in [6.45, 7) is 1.44. The van der Waals surface area contributed by atoms with Crippen LogP contribution in [0.15, 0.2) is 0 Å². The summed E-state index contributed by atoms with van der Waals surface area (Å²) in [7, 11) is 0. The van der Waals surface area contributed by atoms with E-state index < -0.39 is 12.0 Å². The summed E-state index contributed by atoms with van der Waals surface area (Å²) >= 11 is 1.77. The summed E-state index contributed by atoms with van der Waals surface area (Å²) in [6.07, 6.45) is 0.229. The molecule has 1 fully saturated rings. The molecule has 12 heavy (non-hydrogen) atoms. The van der Waals surface area contributed by atoms with E-state index in [0.29, 0.717) is 11.7 Å². The minimum Gasteiger partial charge on any atom is -0.321 e. The second-order valence-electron chi connectivity index (χ2n) is 3.65. The van der Waals surface area contributed by atoms with Gasteiger partial charge in [0.05, 0.1) is 5.54 Å². The Balaban J connectivity index is 2.37. The van der Waals surface area contributed by atoms with Gasteiger partial charge < -0.3 is 5.73 Å². The highest BCUT2D eigenvalue weighted by molar-refractivity contribution is 8.00. The van der Waals surface area contributed by atoms with Crippen molar-refractivity contribution in [1.29, 1.82) is 0 Å². The predicted molar refractivity (Wildman–Crippen MR) is 48.7 cm³/mol. The Morgan fingerprint density at radius 2 is 2.33 bits per heavy atom. The molecule has 0 saturated carbocycles. The maximum Gasteiger partial charge on any atom is 0.256 e. The van der Waals surface area contributed by atoms with Crippen LogP contribution >= 0.6 is 11.8 Å². The van der Waals surface area contributed by atoms with E-state index in [4.69, 9.17) is 5.73 Å². The number of rotatable bonds is 3. The topological polar surface area (TPSA) is 26.0 Å². The van der Waals surface area contributed by atoms with Crippen molar-refractivity contribution in [3.63, 3.8) is 0 Å². The Hall–Kier alpha value is 0.170. The van der Waals surface area contributed by atoms with Gasteiger partial charge in [0.2, 0.25) is 0 Å². The lowest BCUT2D eigenvalue weighted by Crippen LogP contribution is -2.45. The molecule has 0 radical (unpaired) electrons. The molecule has 1 heterocycles. The van der Waals surface area contributed by atoms with Crippen LogP contribution in [-0.2, 0) is 0 Å². The Bertz CT molecular complexity index is 144. The SMILES string of the molecule is CC(N)(CC1CCCS1)C(F)F. The zero-order chi connectivity index (χ0) is 9.19. The number of nitrogens with two attached hydrogens (primary N) is 1. The van der Waals surface area contributed by atoms with E-state index in [-0.39, 0.29) is 0 Å². The molecular formula is C8H15F2NS. The van der Waals surface area contributed by atoms with Crippen molar-refractivity contribution in [1.82, 2.24) is 0 Å². The number of hydrogen-bond acceptors (Lipinski definition) is 2. The van der Waals surface area contributed by atoms with Gasteiger partial charge in [-0.1, -0.05) is 0 Å². The lowest BCUT2D eigenvalue weighted by atomic mass is 9.96. The van der Waals surface area contributed by atoms with E-state index in [1.165, 1.54) is 6.92 Å². The molecule has 0 spiro atoms. The number of hydrogen-bond donors (Lipinski definition) is 1. The second-order valence-corrected chi connectivity index (χ2v) is 5.05. The molecule has 1 rings (SSSR count). The highest BCUT2D eigenvalue weighted by Crippen LogP contribution is 2.33. The average molecular weight is 195 g/mol. The molecule has 4 heteroatoms. The van der Waals surface area contributed by atoms with Crippen molar-refractivity contribution in [2.24, 2.45) is 5.73 Å². The maximum absolute atomic E-state index is 12.3. The number of alkyl halides is 2. The van der Waals surface area contributed by atoms with Crippen molar-refractivity contribution in [2.75, 3.05) is 5.75 Å². The minimum atomic E-state index is -2.40. The van der Waals surface area contributed by atoms with Crippen molar-refractivity contribution in [3.8, 4) is 0 Å². The van der Waals surface area contributed by atoms with Crippen LogP contribution in [0.2, 0.25) is 0 Å². The maximum atomic E-state index is 12.3. The zero-order valence-corrected chi connectivity index (χ0v) is 8.04. The minimum absolute atomic E-state index is 0.356. The Morgan fingerprint density at radius 3 is 2.75 bits per heavy atom. The molecular weight excluding hydrogens is 180 g/mol. The molecule has 0 aliphatic carbocycles. The van der Waals surface area contributed by atoms with E-state index in [2.05, 4.69) is 0 Å². The molecule has 2 unspecified atom stereocenters. The summed E-state index contributed by atoms with van der Waals surface area (Å²) in [5.41, 5.74) is 4.19. The van der Waals surface area contributed by atoms with Crippen LogP contribution in [0.5, 0.6) is 0 Å². The molecule has 1 aliphatic heterocycles. The fourth-order valence-corrected chi connectivity index (χ4v) is 2.86. The molecule has 0 aromatic carbocycles. The third kappa shape index (κ3) is 2.59. The molecule has 0 aromatic rings. The lowest BCUT2D eigenvalue weighted by Gasteiger charge is -2.26. The van der Waals surface area contributed by atoms with E-state index in [9.17, 15) is 8.78 Å². The van der Waals surface area contributed by atoms with Gasteiger partial charge in [-0.2, -0.15) is 11.8 Å². The van der Waals surface area contributed by atoms with Crippen molar-refractivity contribution in [2.45, 2.75) is 43.4 Å². The highest BCUT2D eigenvalue weighted by Gasteiger charge is 2.34. The Morgan fingerprint density at radius 1 is 1.67 bits per heavy atom. The lowest BCUT2D eigenvalue weighted by molar-refractivity contribution is 0.0586. The molecule has 1 saturated heterocycles. The normalized spacial score (nSPS) is 29.2. The quantitative estimate of drug-likeness (QED) is 0.747. The average Bonchev–Trinajstić information content (AvgIpc) is 2.38. The molecule has 0 bridgehead atoms.